The number of nitrogens with zero attached hydrogens (tertiary/aromatic N) is 4. The Balaban J connectivity index is 1.97. The standard InChI is InChI=1S/C20H6F2N4/c21-13-5-15-16(6-14(13)22)26-20-12-4-2-10(8-24)17-9(7-23)1-3-11(18(12)17)19(20)25-15/h1-6H. The van der Waals surface area contributed by atoms with Gasteiger partial charge in [-0.15, -0.1) is 0 Å². The van der Waals surface area contributed by atoms with E-state index in [2.05, 4.69) is 22.1 Å². The lowest BCUT2D eigenvalue weighted by Gasteiger charge is -2.05. The van der Waals surface area contributed by atoms with Crippen LogP contribution in [0.1, 0.15) is 11.1 Å². The number of rotatable bonds is 0. The van der Waals surface area contributed by atoms with Gasteiger partial charge in [-0.25, -0.2) is 18.7 Å². The van der Waals surface area contributed by atoms with Crippen molar-refractivity contribution in [1.82, 2.24) is 9.97 Å². The average Bonchev–Trinajstić information content (AvgIpc) is 2.96. The Morgan fingerprint density at radius 3 is 1.58 bits per heavy atom. The van der Waals surface area contributed by atoms with Crippen LogP contribution in [0.15, 0.2) is 36.4 Å². The number of hydrogen-bond acceptors (Lipinski definition) is 4. The molecular formula is C20H6F2N4. The highest BCUT2D eigenvalue weighted by molar-refractivity contribution is 6.16. The molecule has 4 aromatic rings. The van der Waals surface area contributed by atoms with E-state index in [0.717, 1.165) is 23.3 Å². The van der Waals surface area contributed by atoms with Crippen molar-refractivity contribution in [1.29, 1.82) is 10.5 Å². The molecule has 1 aromatic heterocycles. The van der Waals surface area contributed by atoms with Crippen molar-refractivity contribution in [3.63, 3.8) is 0 Å². The van der Waals surface area contributed by atoms with Crippen LogP contribution in [0.5, 0.6) is 0 Å². The first-order valence-electron chi connectivity index (χ1n) is 7.70. The summed E-state index contributed by atoms with van der Waals surface area (Å²) in [5.41, 5.74) is 3.77. The van der Waals surface area contributed by atoms with Crippen LogP contribution in [-0.4, -0.2) is 9.97 Å². The molecule has 0 aliphatic heterocycles. The molecule has 0 amide bonds. The lowest BCUT2D eigenvalue weighted by Crippen LogP contribution is -1.93. The van der Waals surface area contributed by atoms with Gasteiger partial charge < -0.3 is 0 Å². The van der Waals surface area contributed by atoms with Crippen molar-refractivity contribution in [2.75, 3.05) is 0 Å². The van der Waals surface area contributed by atoms with Crippen LogP contribution >= 0.6 is 0 Å². The van der Waals surface area contributed by atoms with Crippen molar-refractivity contribution in [2.45, 2.75) is 0 Å². The van der Waals surface area contributed by atoms with Crippen LogP contribution in [0.4, 0.5) is 8.78 Å². The summed E-state index contributed by atoms with van der Waals surface area (Å²) in [5.74, 6) is -1.97. The zero-order valence-electron chi connectivity index (χ0n) is 13.0. The quantitative estimate of drug-likeness (QED) is 0.417. The molecule has 0 atom stereocenters. The number of nitriles is 2. The monoisotopic (exact) mass is 340 g/mol. The van der Waals surface area contributed by atoms with Crippen molar-refractivity contribution < 1.29 is 8.78 Å². The Morgan fingerprint density at radius 1 is 0.692 bits per heavy atom. The summed E-state index contributed by atoms with van der Waals surface area (Å²) in [6, 6.07) is 13.0. The molecule has 0 spiro atoms. The minimum atomic E-state index is -0.987. The first kappa shape index (κ1) is 14.4. The third kappa shape index (κ3) is 1.68. The SMILES string of the molecule is N#Cc1ccc2c3c(ccc(C#N)c13)-c1nc3cc(F)c(F)cc3nc1-2. The number of halogens is 2. The van der Waals surface area contributed by atoms with Gasteiger partial charge in [0.1, 0.15) is 0 Å². The predicted octanol–water partition coefficient (Wildman–Crippen LogP) is 4.45. The second kappa shape index (κ2) is 4.81. The fourth-order valence-corrected chi connectivity index (χ4v) is 3.50. The molecule has 26 heavy (non-hydrogen) atoms. The van der Waals surface area contributed by atoms with E-state index >= 15 is 0 Å². The zero-order chi connectivity index (χ0) is 18.0. The Kier molecular flexibility index (Phi) is 2.67. The minimum absolute atomic E-state index is 0.244. The molecule has 0 saturated carbocycles. The average molecular weight is 340 g/mol. The summed E-state index contributed by atoms with van der Waals surface area (Å²) in [6.45, 7) is 0. The number of hydrogen-bond donors (Lipinski definition) is 0. The van der Waals surface area contributed by atoms with Crippen LogP contribution in [0.25, 0.3) is 44.3 Å². The lowest BCUT2D eigenvalue weighted by molar-refractivity contribution is 0.510. The third-order valence-corrected chi connectivity index (χ3v) is 4.62. The Hall–Kier alpha value is -3.90. The van der Waals surface area contributed by atoms with Gasteiger partial charge in [0.25, 0.3) is 0 Å². The van der Waals surface area contributed by atoms with Crippen LogP contribution in [0.2, 0.25) is 0 Å². The highest BCUT2D eigenvalue weighted by Crippen LogP contribution is 2.47. The smallest absolute Gasteiger partial charge is 0.161 e. The first-order valence-corrected chi connectivity index (χ1v) is 7.70. The predicted molar refractivity (Wildman–Crippen MR) is 90.8 cm³/mol. The molecule has 6 heteroatoms. The topological polar surface area (TPSA) is 73.4 Å². The molecule has 4 nitrogen and oxygen atoms in total. The molecule has 0 fully saturated rings. The second-order valence-corrected chi connectivity index (χ2v) is 5.97. The van der Waals surface area contributed by atoms with E-state index in [-0.39, 0.29) is 11.0 Å². The molecule has 3 aromatic carbocycles. The summed E-state index contributed by atoms with van der Waals surface area (Å²) >= 11 is 0. The fraction of sp³-hybridized carbons (Fsp3) is 0. The van der Waals surface area contributed by atoms with Gasteiger partial charge in [-0.3, -0.25) is 0 Å². The highest BCUT2D eigenvalue weighted by atomic mass is 19.2. The molecule has 0 N–H and O–H groups in total. The number of aromatic nitrogens is 2. The largest absolute Gasteiger partial charge is 0.244 e. The van der Waals surface area contributed by atoms with E-state index in [0.29, 0.717) is 33.3 Å². The third-order valence-electron chi connectivity index (χ3n) is 4.62. The molecule has 1 aliphatic carbocycles. The summed E-state index contributed by atoms with van der Waals surface area (Å²) in [7, 11) is 0. The molecule has 0 saturated heterocycles. The molecular weight excluding hydrogens is 334 g/mol. The van der Waals surface area contributed by atoms with Crippen molar-refractivity contribution in [2.24, 2.45) is 0 Å². The summed E-state index contributed by atoms with van der Waals surface area (Å²) < 4.78 is 27.1. The van der Waals surface area contributed by atoms with Crippen LogP contribution in [-0.2, 0) is 0 Å². The van der Waals surface area contributed by atoms with Crippen LogP contribution in [0, 0.1) is 34.3 Å². The van der Waals surface area contributed by atoms with Crippen molar-refractivity contribution in [3.8, 4) is 34.7 Å². The summed E-state index contributed by atoms with van der Waals surface area (Å²) in [4.78, 5) is 8.95. The van der Waals surface area contributed by atoms with Gasteiger partial charge in [-0.1, -0.05) is 12.1 Å². The molecule has 5 rings (SSSR count). The van der Waals surface area contributed by atoms with Gasteiger partial charge >= 0.3 is 0 Å². The lowest BCUT2D eigenvalue weighted by atomic mass is 9.96. The van der Waals surface area contributed by atoms with Crippen LogP contribution in [0.3, 0.4) is 0 Å². The Morgan fingerprint density at radius 2 is 1.15 bits per heavy atom. The second-order valence-electron chi connectivity index (χ2n) is 5.97. The summed E-state index contributed by atoms with van der Waals surface area (Å²) in [6.07, 6.45) is 0. The Bertz CT molecular complexity index is 1280. The van der Waals surface area contributed by atoms with Gasteiger partial charge in [0, 0.05) is 34.0 Å². The fourth-order valence-electron chi connectivity index (χ4n) is 3.50. The molecule has 1 heterocycles. The van der Waals surface area contributed by atoms with Gasteiger partial charge in [0.05, 0.1) is 45.7 Å². The normalized spacial score (nSPS) is 11.4. The van der Waals surface area contributed by atoms with E-state index in [1.54, 1.807) is 24.3 Å². The maximum atomic E-state index is 13.6. The number of fused-ring (bicyclic) bond motifs is 4. The maximum Gasteiger partial charge on any atom is 0.161 e. The van der Waals surface area contributed by atoms with Gasteiger partial charge in [-0.05, 0) is 12.1 Å². The van der Waals surface area contributed by atoms with E-state index in [9.17, 15) is 19.3 Å². The van der Waals surface area contributed by atoms with E-state index < -0.39 is 11.6 Å². The Labute approximate surface area is 145 Å². The highest BCUT2D eigenvalue weighted by Gasteiger charge is 2.27. The van der Waals surface area contributed by atoms with Gasteiger partial charge in [-0.2, -0.15) is 10.5 Å². The zero-order valence-corrected chi connectivity index (χ0v) is 13.0. The first-order chi connectivity index (χ1) is 12.6. The van der Waals surface area contributed by atoms with Gasteiger partial charge in [0.2, 0.25) is 0 Å². The van der Waals surface area contributed by atoms with Crippen LogP contribution < -0.4 is 0 Å². The minimum Gasteiger partial charge on any atom is -0.244 e. The van der Waals surface area contributed by atoms with Crippen molar-refractivity contribution >= 4 is 21.8 Å². The van der Waals surface area contributed by atoms with E-state index in [4.69, 9.17) is 0 Å². The molecule has 1 aliphatic rings. The molecule has 0 bridgehead atoms. The van der Waals surface area contributed by atoms with E-state index in [1.165, 1.54) is 0 Å². The maximum absolute atomic E-state index is 13.6. The molecule has 0 radical (unpaired) electrons. The van der Waals surface area contributed by atoms with Gasteiger partial charge in [0.15, 0.2) is 11.6 Å². The molecule has 120 valence electrons. The van der Waals surface area contributed by atoms with E-state index in [1.807, 2.05) is 0 Å². The summed E-state index contributed by atoms with van der Waals surface area (Å²) in [5, 5.41) is 20.1. The molecule has 0 unspecified atom stereocenters. The van der Waals surface area contributed by atoms with Crippen molar-refractivity contribution in [3.05, 3.63) is 59.2 Å². The number of benzene rings is 3.